The summed E-state index contributed by atoms with van der Waals surface area (Å²) in [4.78, 5) is 25.6. The van der Waals surface area contributed by atoms with E-state index in [1.807, 2.05) is 13.8 Å². The number of thiol groups is 1. The Hall–Kier alpha value is -0.750. The monoisotopic (exact) mass is 274 g/mol. The van der Waals surface area contributed by atoms with Crippen molar-refractivity contribution >= 4 is 24.4 Å². The van der Waals surface area contributed by atoms with Gasteiger partial charge in [0.1, 0.15) is 6.04 Å². The largest absolute Gasteiger partial charge is 0.378 e. The Labute approximate surface area is 114 Å². The van der Waals surface area contributed by atoms with E-state index in [1.165, 1.54) is 0 Å². The maximum atomic E-state index is 12.1. The highest BCUT2D eigenvalue weighted by Gasteiger charge is 2.26. The lowest BCUT2D eigenvalue weighted by atomic mass is 10.1. The minimum absolute atomic E-state index is 0.0593. The van der Waals surface area contributed by atoms with Crippen LogP contribution in [0.3, 0.4) is 0 Å². The molecule has 1 rings (SSSR count). The van der Waals surface area contributed by atoms with Gasteiger partial charge in [-0.05, 0) is 12.8 Å². The minimum Gasteiger partial charge on any atom is -0.378 e. The summed E-state index contributed by atoms with van der Waals surface area (Å²) in [7, 11) is 0. The molecule has 1 aliphatic heterocycles. The van der Waals surface area contributed by atoms with Gasteiger partial charge in [-0.2, -0.15) is 12.6 Å². The lowest BCUT2D eigenvalue weighted by Crippen LogP contribution is -2.52. The number of hydrogen-bond donors (Lipinski definition) is 2. The zero-order chi connectivity index (χ0) is 13.7. The first-order chi connectivity index (χ1) is 8.43. The third-order valence-electron chi connectivity index (χ3n) is 2.95. The van der Waals surface area contributed by atoms with E-state index in [0.29, 0.717) is 26.3 Å². The molecule has 1 aliphatic rings. The second-order valence-corrected chi connectivity index (χ2v) is 5.41. The Morgan fingerprint density at radius 2 is 1.78 bits per heavy atom. The van der Waals surface area contributed by atoms with E-state index in [1.54, 1.807) is 11.8 Å². The molecule has 6 heteroatoms. The van der Waals surface area contributed by atoms with Crippen LogP contribution in [0, 0.1) is 5.92 Å². The third kappa shape index (κ3) is 4.17. The number of rotatable bonds is 4. The number of ether oxygens (including phenoxy) is 1. The number of amides is 2. The number of hydrogen-bond acceptors (Lipinski definition) is 4. The van der Waals surface area contributed by atoms with Crippen molar-refractivity contribution in [2.45, 2.75) is 32.1 Å². The molecule has 0 spiro atoms. The summed E-state index contributed by atoms with van der Waals surface area (Å²) in [5.41, 5.74) is 0. The SMILES string of the molecule is CC(NC(=O)C(S)C(C)C)C(=O)N1CCOCC1. The van der Waals surface area contributed by atoms with Crippen molar-refractivity contribution in [1.29, 1.82) is 0 Å². The second-order valence-electron chi connectivity index (χ2n) is 4.86. The molecule has 0 aromatic heterocycles. The fourth-order valence-electron chi connectivity index (χ4n) is 1.72. The van der Waals surface area contributed by atoms with Crippen molar-refractivity contribution < 1.29 is 14.3 Å². The summed E-state index contributed by atoms with van der Waals surface area (Å²) < 4.78 is 5.19. The third-order valence-corrected chi connectivity index (χ3v) is 3.78. The molecule has 0 aromatic carbocycles. The van der Waals surface area contributed by atoms with Crippen molar-refractivity contribution in [3.8, 4) is 0 Å². The van der Waals surface area contributed by atoms with Crippen LogP contribution in [-0.2, 0) is 14.3 Å². The molecule has 1 heterocycles. The van der Waals surface area contributed by atoms with Gasteiger partial charge >= 0.3 is 0 Å². The minimum atomic E-state index is -0.510. The van der Waals surface area contributed by atoms with Gasteiger partial charge in [-0.1, -0.05) is 13.8 Å². The van der Waals surface area contributed by atoms with Gasteiger partial charge in [0.25, 0.3) is 0 Å². The number of carbonyl (C=O) groups excluding carboxylic acids is 2. The Kier molecular flexibility index (Phi) is 5.95. The van der Waals surface area contributed by atoms with E-state index in [2.05, 4.69) is 17.9 Å². The van der Waals surface area contributed by atoms with Gasteiger partial charge in [0, 0.05) is 13.1 Å². The first-order valence-corrected chi connectivity index (χ1v) is 6.80. The molecule has 1 N–H and O–H groups in total. The summed E-state index contributed by atoms with van der Waals surface area (Å²) in [5, 5.41) is 2.33. The Balaban J connectivity index is 2.46. The number of carbonyl (C=O) groups is 2. The van der Waals surface area contributed by atoms with Gasteiger partial charge in [-0.3, -0.25) is 9.59 Å². The number of nitrogens with one attached hydrogen (secondary N) is 1. The maximum Gasteiger partial charge on any atom is 0.245 e. The van der Waals surface area contributed by atoms with Crippen LogP contribution < -0.4 is 5.32 Å². The van der Waals surface area contributed by atoms with Crippen LogP contribution in [0.15, 0.2) is 0 Å². The molecule has 104 valence electrons. The van der Waals surface area contributed by atoms with Crippen molar-refractivity contribution in [2.24, 2.45) is 5.92 Å². The fraction of sp³-hybridized carbons (Fsp3) is 0.833. The zero-order valence-electron chi connectivity index (χ0n) is 11.2. The zero-order valence-corrected chi connectivity index (χ0v) is 12.1. The van der Waals surface area contributed by atoms with Crippen molar-refractivity contribution in [3.05, 3.63) is 0 Å². The maximum absolute atomic E-state index is 12.1. The second kappa shape index (κ2) is 6.99. The highest BCUT2D eigenvalue weighted by atomic mass is 32.1. The van der Waals surface area contributed by atoms with E-state index in [9.17, 15) is 9.59 Å². The molecule has 5 nitrogen and oxygen atoms in total. The molecule has 0 bridgehead atoms. The molecule has 0 aromatic rings. The molecule has 0 radical (unpaired) electrons. The number of nitrogens with zero attached hydrogens (tertiary/aromatic N) is 1. The van der Waals surface area contributed by atoms with Crippen LogP contribution in [0.1, 0.15) is 20.8 Å². The summed E-state index contributed by atoms with van der Waals surface area (Å²) in [6, 6.07) is -0.510. The van der Waals surface area contributed by atoms with E-state index in [-0.39, 0.29) is 23.0 Å². The molecule has 2 atom stereocenters. The first kappa shape index (κ1) is 15.3. The first-order valence-electron chi connectivity index (χ1n) is 6.28. The van der Waals surface area contributed by atoms with Crippen LogP contribution in [0.25, 0.3) is 0 Å². The lowest BCUT2D eigenvalue weighted by molar-refractivity contribution is -0.139. The van der Waals surface area contributed by atoms with Gasteiger partial charge < -0.3 is 15.0 Å². The van der Waals surface area contributed by atoms with Gasteiger partial charge in [0.15, 0.2) is 0 Å². The standard InChI is InChI=1S/C12H22N2O3S/c1-8(2)10(18)11(15)13-9(3)12(16)14-4-6-17-7-5-14/h8-10,18H,4-7H2,1-3H3,(H,13,15). The molecule has 18 heavy (non-hydrogen) atoms. The summed E-state index contributed by atoms with van der Waals surface area (Å²) >= 11 is 4.23. The molecule has 1 saturated heterocycles. The highest BCUT2D eigenvalue weighted by molar-refractivity contribution is 7.81. The average Bonchev–Trinajstić information content (AvgIpc) is 2.37. The summed E-state index contributed by atoms with van der Waals surface area (Å²) in [6.45, 7) is 7.86. The lowest BCUT2D eigenvalue weighted by Gasteiger charge is -2.30. The summed E-state index contributed by atoms with van der Waals surface area (Å²) in [6.07, 6.45) is 0. The molecular weight excluding hydrogens is 252 g/mol. The molecular formula is C12H22N2O3S. The quantitative estimate of drug-likeness (QED) is 0.725. The molecule has 2 amide bonds. The van der Waals surface area contributed by atoms with Crippen LogP contribution in [0.2, 0.25) is 0 Å². The van der Waals surface area contributed by atoms with Crippen LogP contribution in [-0.4, -0.2) is 54.3 Å². The van der Waals surface area contributed by atoms with Gasteiger partial charge in [-0.25, -0.2) is 0 Å². The Morgan fingerprint density at radius 3 is 2.28 bits per heavy atom. The topological polar surface area (TPSA) is 58.6 Å². The number of morpholine rings is 1. The van der Waals surface area contributed by atoms with Crippen LogP contribution in [0.5, 0.6) is 0 Å². The highest BCUT2D eigenvalue weighted by Crippen LogP contribution is 2.09. The normalized spacial score (nSPS) is 19.5. The van der Waals surface area contributed by atoms with Gasteiger partial charge in [0.2, 0.25) is 11.8 Å². The van der Waals surface area contributed by atoms with E-state index >= 15 is 0 Å². The molecule has 0 saturated carbocycles. The van der Waals surface area contributed by atoms with Gasteiger partial charge in [-0.15, -0.1) is 0 Å². The predicted octanol–water partition coefficient (Wildman–Crippen LogP) is 0.304. The van der Waals surface area contributed by atoms with Gasteiger partial charge in [0.05, 0.1) is 18.5 Å². The average molecular weight is 274 g/mol. The van der Waals surface area contributed by atoms with Crippen molar-refractivity contribution in [3.63, 3.8) is 0 Å². The fourth-order valence-corrected chi connectivity index (χ4v) is 1.80. The van der Waals surface area contributed by atoms with E-state index in [0.717, 1.165) is 0 Å². The summed E-state index contributed by atoms with van der Waals surface area (Å²) in [5.74, 6) is -0.114. The van der Waals surface area contributed by atoms with Crippen LogP contribution in [0.4, 0.5) is 0 Å². The van der Waals surface area contributed by atoms with Crippen molar-refractivity contribution in [2.75, 3.05) is 26.3 Å². The van der Waals surface area contributed by atoms with Crippen molar-refractivity contribution in [1.82, 2.24) is 10.2 Å². The predicted molar refractivity (Wildman–Crippen MR) is 72.6 cm³/mol. The van der Waals surface area contributed by atoms with E-state index in [4.69, 9.17) is 4.74 Å². The van der Waals surface area contributed by atoms with Crippen LogP contribution >= 0.6 is 12.6 Å². The van der Waals surface area contributed by atoms with E-state index < -0.39 is 6.04 Å². The Morgan fingerprint density at radius 1 is 1.22 bits per heavy atom. The Bertz CT molecular complexity index is 304. The molecule has 2 unspecified atom stereocenters. The molecule has 1 fully saturated rings. The smallest absolute Gasteiger partial charge is 0.245 e. The molecule has 0 aliphatic carbocycles.